The van der Waals surface area contributed by atoms with Crippen LogP contribution in [0.25, 0.3) is 33.6 Å². The number of halogens is 1. The molecule has 1 amide bonds. The highest BCUT2D eigenvalue weighted by Gasteiger charge is 2.51. The summed E-state index contributed by atoms with van der Waals surface area (Å²) in [5.74, 6) is 0.0426. The maximum absolute atomic E-state index is 15.6. The Bertz CT molecular complexity index is 1720. The molecule has 4 aromatic rings. The summed E-state index contributed by atoms with van der Waals surface area (Å²) in [5.41, 5.74) is 2.87. The molecule has 2 aromatic carbocycles. The lowest BCUT2D eigenvalue weighted by Crippen LogP contribution is -2.40. The van der Waals surface area contributed by atoms with E-state index in [2.05, 4.69) is 11.1 Å². The quantitative estimate of drug-likeness (QED) is 0.268. The molecule has 1 saturated carbocycles. The van der Waals surface area contributed by atoms with E-state index in [-0.39, 0.29) is 28.9 Å². The van der Waals surface area contributed by atoms with Gasteiger partial charge in [-0.1, -0.05) is 0 Å². The van der Waals surface area contributed by atoms with Crippen LogP contribution < -0.4 is 9.47 Å². The first-order valence-electron chi connectivity index (χ1n) is 13.6. The largest absolute Gasteiger partial charge is 0.496 e. The molecule has 2 aromatic heterocycles. The average Bonchev–Trinajstić information content (AvgIpc) is 3.58. The third kappa shape index (κ3) is 5.06. The number of nitrogens with zero attached hydrogens (tertiary/aromatic N) is 3. The van der Waals surface area contributed by atoms with E-state index < -0.39 is 12.1 Å². The van der Waals surface area contributed by atoms with Gasteiger partial charge in [0.2, 0.25) is 0 Å². The van der Waals surface area contributed by atoms with E-state index in [4.69, 9.17) is 23.4 Å². The van der Waals surface area contributed by atoms with E-state index >= 15 is 4.39 Å². The second-order valence-electron chi connectivity index (χ2n) is 10.9. The van der Waals surface area contributed by atoms with Gasteiger partial charge in [-0.05, 0) is 54.8 Å². The summed E-state index contributed by atoms with van der Waals surface area (Å²) < 4.78 is 44.9. The summed E-state index contributed by atoms with van der Waals surface area (Å²) in [6, 6.07) is 13.6. The summed E-state index contributed by atoms with van der Waals surface area (Å²) in [7, 11) is 6.45. The molecule has 9 nitrogen and oxygen atoms in total. The molecule has 6 rings (SSSR count). The highest BCUT2D eigenvalue weighted by atomic mass is 19.1. The molecule has 216 valence electrons. The first-order valence-corrected chi connectivity index (χ1v) is 13.6. The Labute approximate surface area is 242 Å². The van der Waals surface area contributed by atoms with Crippen LogP contribution in [0.2, 0.25) is 0 Å². The predicted molar refractivity (Wildman–Crippen MR) is 152 cm³/mol. The third-order valence-corrected chi connectivity index (χ3v) is 7.80. The molecule has 2 aliphatic rings. The molecule has 0 N–H and O–H groups in total. The lowest BCUT2D eigenvalue weighted by Gasteiger charge is -2.35. The number of hydrogen-bond donors (Lipinski definition) is 0. The Balaban J connectivity index is 1.34. The zero-order chi connectivity index (χ0) is 29.6. The van der Waals surface area contributed by atoms with Gasteiger partial charge in [0.1, 0.15) is 29.2 Å². The molecule has 10 heteroatoms. The third-order valence-electron chi connectivity index (χ3n) is 7.80. The number of aromatic nitrogens is 1. The topological polar surface area (TPSA) is 107 Å². The van der Waals surface area contributed by atoms with Crippen molar-refractivity contribution >= 4 is 17.0 Å². The van der Waals surface area contributed by atoms with Crippen LogP contribution in [-0.2, 0) is 9.47 Å². The minimum Gasteiger partial charge on any atom is -0.496 e. The number of benzene rings is 2. The number of amides is 1. The Morgan fingerprint density at radius 2 is 1.95 bits per heavy atom. The molecule has 1 aliphatic carbocycles. The van der Waals surface area contributed by atoms with E-state index in [1.807, 2.05) is 0 Å². The van der Waals surface area contributed by atoms with Gasteiger partial charge in [-0.3, -0.25) is 9.78 Å². The van der Waals surface area contributed by atoms with Crippen LogP contribution in [0.15, 0.2) is 53.1 Å². The van der Waals surface area contributed by atoms with Crippen molar-refractivity contribution in [2.24, 2.45) is 0 Å². The lowest BCUT2D eigenvalue weighted by molar-refractivity contribution is -0.211. The van der Waals surface area contributed by atoms with Crippen molar-refractivity contribution in [3.05, 3.63) is 65.6 Å². The van der Waals surface area contributed by atoms with Gasteiger partial charge in [-0.25, -0.2) is 4.39 Å². The van der Waals surface area contributed by atoms with Crippen LogP contribution in [-0.4, -0.2) is 62.1 Å². The van der Waals surface area contributed by atoms with Gasteiger partial charge in [0, 0.05) is 57.4 Å². The molecule has 3 heterocycles. The first kappa shape index (κ1) is 27.7. The summed E-state index contributed by atoms with van der Waals surface area (Å²) in [6.45, 7) is 0. The van der Waals surface area contributed by atoms with Gasteiger partial charge in [-0.2, -0.15) is 5.26 Å². The molecule has 1 aliphatic heterocycles. The summed E-state index contributed by atoms with van der Waals surface area (Å²) in [6.07, 6.45) is 3.71. The smallest absolute Gasteiger partial charge is 0.253 e. The molecule has 0 radical (unpaired) electrons. The number of nitriles is 1. The number of pyridine rings is 1. The zero-order valence-electron chi connectivity index (χ0n) is 23.8. The van der Waals surface area contributed by atoms with E-state index in [1.165, 1.54) is 18.1 Å². The Kier molecular flexibility index (Phi) is 7.09. The molecule has 2 fully saturated rings. The normalized spacial score (nSPS) is 19.0. The van der Waals surface area contributed by atoms with Gasteiger partial charge < -0.3 is 28.3 Å². The molecule has 1 spiro atoms. The van der Waals surface area contributed by atoms with Crippen molar-refractivity contribution in [3.8, 4) is 40.0 Å². The number of rotatable bonds is 7. The lowest BCUT2D eigenvalue weighted by atomic mass is 10.0. The number of carbonyl (C=O) groups excluding carboxylic acids is 1. The van der Waals surface area contributed by atoms with Crippen LogP contribution in [0, 0.1) is 17.1 Å². The van der Waals surface area contributed by atoms with Crippen LogP contribution in [0.1, 0.15) is 41.6 Å². The van der Waals surface area contributed by atoms with Gasteiger partial charge in [0.25, 0.3) is 5.91 Å². The Morgan fingerprint density at radius 1 is 1.14 bits per heavy atom. The summed E-state index contributed by atoms with van der Waals surface area (Å²) in [4.78, 5) is 18.4. The average molecular weight is 572 g/mol. The number of ether oxygens (including phenoxy) is 4. The number of hydrogen-bond acceptors (Lipinski definition) is 8. The van der Waals surface area contributed by atoms with Crippen molar-refractivity contribution in [2.75, 3.05) is 28.3 Å². The summed E-state index contributed by atoms with van der Waals surface area (Å²) in [5, 5.41) is 9.95. The molecule has 2 unspecified atom stereocenters. The van der Waals surface area contributed by atoms with Crippen LogP contribution in [0.4, 0.5) is 4.39 Å². The van der Waals surface area contributed by atoms with Crippen molar-refractivity contribution in [1.82, 2.24) is 9.88 Å². The van der Waals surface area contributed by atoms with E-state index in [0.717, 1.165) is 12.8 Å². The minimum absolute atomic E-state index is 0.0786. The predicted octanol–water partition coefficient (Wildman–Crippen LogP) is 5.95. The first-order chi connectivity index (χ1) is 20.2. The van der Waals surface area contributed by atoms with E-state index in [0.29, 0.717) is 57.7 Å². The van der Waals surface area contributed by atoms with Crippen molar-refractivity contribution in [1.29, 1.82) is 5.26 Å². The van der Waals surface area contributed by atoms with Gasteiger partial charge in [-0.15, -0.1) is 0 Å². The van der Waals surface area contributed by atoms with Gasteiger partial charge in [0.15, 0.2) is 23.4 Å². The van der Waals surface area contributed by atoms with Crippen molar-refractivity contribution < 1.29 is 32.5 Å². The van der Waals surface area contributed by atoms with Crippen LogP contribution in [0.5, 0.6) is 11.5 Å². The van der Waals surface area contributed by atoms with Gasteiger partial charge >= 0.3 is 0 Å². The minimum atomic E-state index is -0.645. The highest BCUT2D eigenvalue weighted by molar-refractivity contribution is 5.96. The van der Waals surface area contributed by atoms with Gasteiger partial charge in [0.05, 0.1) is 23.8 Å². The molecule has 1 saturated heterocycles. The fourth-order valence-electron chi connectivity index (χ4n) is 5.49. The Morgan fingerprint density at radius 3 is 2.64 bits per heavy atom. The fraction of sp³-hybridized carbons (Fsp3) is 0.344. The fourth-order valence-corrected chi connectivity index (χ4v) is 5.49. The monoisotopic (exact) mass is 571 g/mol. The molecule has 2 atom stereocenters. The number of furan rings is 1. The number of methoxy groups -OCH3 is 2. The van der Waals surface area contributed by atoms with Crippen LogP contribution >= 0.6 is 0 Å². The van der Waals surface area contributed by atoms with Crippen molar-refractivity contribution in [3.63, 3.8) is 0 Å². The second-order valence-corrected chi connectivity index (χ2v) is 10.9. The standard InChI is InChI=1S/C32H30FN3O6/c1-36(2)31(37)18-5-6-23(26(13-18)38-3)27-15-25-30(41-27)22(7-10-35-25)19-11-20(17-34)29(24(33)12-19)40-21-14-28(39-4)42-32(16-21)8-9-32/h5-7,10-13,15,21,28H,8-9,14,16H2,1-4H3. The summed E-state index contributed by atoms with van der Waals surface area (Å²) >= 11 is 0. The molecule has 0 bridgehead atoms. The van der Waals surface area contributed by atoms with E-state index in [9.17, 15) is 10.1 Å². The van der Waals surface area contributed by atoms with Crippen LogP contribution in [0.3, 0.4) is 0 Å². The SMILES string of the molecule is COc1cc(C(=O)N(C)C)ccc1-c1cc2nccc(-c3cc(F)c(OC4CC(OC)OC5(CC5)C4)c(C#N)c3)c2o1. The number of carbonyl (C=O) groups is 1. The van der Waals surface area contributed by atoms with E-state index in [1.54, 1.807) is 63.8 Å². The second kappa shape index (κ2) is 10.7. The molecule has 42 heavy (non-hydrogen) atoms. The molecular formula is C32H30FN3O6. The zero-order valence-corrected chi connectivity index (χ0v) is 23.8. The molecular weight excluding hydrogens is 541 g/mol. The van der Waals surface area contributed by atoms with Crippen molar-refractivity contribution in [2.45, 2.75) is 43.7 Å². The maximum atomic E-state index is 15.6. The Hall–Kier alpha value is -4.46. The highest BCUT2D eigenvalue weighted by Crippen LogP contribution is 2.49. The maximum Gasteiger partial charge on any atom is 0.253 e. The number of fused-ring (bicyclic) bond motifs is 1.